The van der Waals surface area contributed by atoms with Crippen LogP contribution in [0.2, 0.25) is 0 Å². The Morgan fingerprint density at radius 1 is 1.15 bits per heavy atom. The lowest BCUT2D eigenvalue weighted by molar-refractivity contribution is -0.0352. The zero-order valence-corrected chi connectivity index (χ0v) is 19.0. The fourth-order valence-corrected chi connectivity index (χ4v) is 4.45. The normalized spacial score (nSPS) is 18.7. The SMILES string of the molecule is Cc1c(Cc2ccc(-c3ccn(C)n3)cc2)cc2c(=O)n([C@@H]3COCC[C@H]3O)nnc2c1C. The van der Waals surface area contributed by atoms with Crippen molar-refractivity contribution in [2.75, 3.05) is 13.2 Å². The molecule has 1 N–H and O–H groups in total. The molecule has 0 bridgehead atoms. The summed E-state index contributed by atoms with van der Waals surface area (Å²) in [6.45, 7) is 4.76. The molecule has 2 atom stereocenters. The van der Waals surface area contributed by atoms with Crippen LogP contribution in [0.1, 0.15) is 34.7 Å². The van der Waals surface area contributed by atoms with E-state index < -0.39 is 12.1 Å². The van der Waals surface area contributed by atoms with E-state index in [0.717, 1.165) is 33.5 Å². The predicted molar refractivity (Wildman–Crippen MR) is 125 cm³/mol. The number of aromatic nitrogens is 5. The second-order valence-electron chi connectivity index (χ2n) is 8.77. The van der Waals surface area contributed by atoms with Gasteiger partial charge < -0.3 is 9.84 Å². The van der Waals surface area contributed by atoms with Crippen molar-refractivity contribution in [1.82, 2.24) is 24.8 Å². The van der Waals surface area contributed by atoms with Gasteiger partial charge in [-0.1, -0.05) is 29.5 Å². The third kappa shape index (κ3) is 3.96. The monoisotopic (exact) mass is 445 g/mol. The molecule has 0 spiro atoms. The molecule has 1 aliphatic heterocycles. The average molecular weight is 446 g/mol. The summed E-state index contributed by atoms with van der Waals surface area (Å²) in [5, 5.41) is 23.8. The van der Waals surface area contributed by atoms with Crippen LogP contribution in [0.15, 0.2) is 47.4 Å². The van der Waals surface area contributed by atoms with E-state index in [0.29, 0.717) is 30.4 Å². The molecule has 0 radical (unpaired) electrons. The summed E-state index contributed by atoms with van der Waals surface area (Å²) in [6.07, 6.45) is 2.43. The number of aryl methyl sites for hydroxylation is 2. The Bertz CT molecular complexity index is 1370. The highest BCUT2D eigenvalue weighted by Crippen LogP contribution is 2.26. The molecule has 0 aliphatic carbocycles. The van der Waals surface area contributed by atoms with E-state index in [1.165, 1.54) is 4.68 Å². The van der Waals surface area contributed by atoms with Crippen LogP contribution in [0.3, 0.4) is 0 Å². The number of aliphatic hydroxyl groups is 1. The highest BCUT2D eigenvalue weighted by Gasteiger charge is 2.28. The van der Waals surface area contributed by atoms with Crippen LogP contribution in [0.5, 0.6) is 0 Å². The van der Waals surface area contributed by atoms with Gasteiger partial charge in [-0.05, 0) is 61.1 Å². The highest BCUT2D eigenvalue weighted by atomic mass is 16.5. The van der Waals surface area contributed by atoms with Crippen LogP contribution in [0.25, 0.3) is 22.2 Å². The van der Waals surface area contributed by atoms with E-state index in [4.69, 9.17) is 4.74 Å². The third-order valence-electron chi connectivity index (χ3n) is 6.62. The van der Waals surface area contributed by atoms with Gasteiger partial charge >= 0.3 is 0 Å². The summed E-state index contributed by atoms with van der Waals surface area (Å²) >= 11 is 0. The second-order valence-corrected chi connectivity index (χ2v) is 8.77. The first-order chi connectivity index (χ1) is 15.9. The number of benzene rings is 2. The quantitative estimate of drug-likeness (QED) is 0.519. The summed E-state index contributed by atoms with van der Waals surface area (Å²) in [6, 6.07) is 11.7. The van der Waals surface area contributed by atoms with Crippen molar-refractivity contribution in [3.8, 4) is 11.3 Å². The number of nitrogens with zero attached hydrogens (tertiary/aromatic N) is 5. The number of hydrogen-bond acceptors (Lipinski definition) is 6. The second kappa shape index (κ2) is 8.53. The minimum atomic E-state index is -0.674. The lowest BCUT2D eigenvalue weighted by atomic mass is 9.94. The molecule has 3 heterocycles. The molecule has 1 saturated heterocycles. The van der Waals surface area contributed by atoms with Crippen molar-refractivity contribution in [3.05, 3.63) is 75.2 Å². The lowest BCUT2D eigenvalue weighted by Crippen LogP contribution is -2.41. The fraction of sp³-hybridized carbons (Fsp3) is 0.360. The Kier molecular flexibility index (Phi) is 5.55. The number of hydrogen-bond donors (Lipinski definition) is 1. The van der Waals surface area contributed by atoms with Crippen molar-refractivity contribution < 1.29 is 9.84 Å². The van der Waals surface area contributed by atoms with Gasteiger partial charge in [-0.15, -0.1) is 5.10 Å². The standard InChI is InChI=1S/C25H27N5O3/c1-15-16(2)24-20(25(32)30(28-26-24)22-14-33-11-9-23(22)31)13-19(15)12-17-4-6-18(7-5-17)21-8-10-29(3)27-21/h4-8,10,13,22-23,31H,9,11-12,14H2,1-3H3/t22-,23-/m1/s1. The van der Waals surface area contributed by atoms with Crippen LogP contribution in [-0.4, -0.2) is 49.2 Å². The van der Waals surface area contributed by atoms with E-state index in [2.05, 4.69) is 46.6 Å². The molecule has 2 aromatic heterocycles. The fourth-order valence-electron chi connectivity index (χ4n) is 4.45. The van der Waals surface area contributed by atoms with Crippen LogP contribution in [0.4, 0.5) is 0 Å². The minimum Gasteiger partial charge on any atom is -0.391 e. The zero-order valence-electron chi connectivity index (χ0n) is 19.0. The molecule has 0 unspecified atom stereocenters. The summed E-state index contributed by atoms with van der Waals surface area (Å²) in [5.41, 5.74) is 6.64. The van der Waals surface area contributed by atoms with Crippen LogP contribution >= 0.6 is 0 Å². The van der Waals surface area contributed by atoms with E-state index in [-0.39, 0.29) is 12.2 Å². The largest absolute Gasteiger partial charge is 0.391 e. The maximum absolute atomic E-state index is 13.3. The van der Waals surface area contributed by atoms with E-state index in [1.54, 1.807) is 4.68 Å². The molecule has 5 rings (SSSR count). The van der Waals surface area contributed by atoms with Crippen molar-refractivity contribution in [2.45, 2.75) is 38.8 Å². The van der Waals surface area contributed by atoms with Gasteiger partial charge in [0.25, 0.3) is 5.56 Å². The molecule has 1 fully saturated rings. The van der Waals surface area contributed by atoms with Gasteiger partial charge in [0.1, 0.15) is 11.6 Å². The smallest absolute Gasteiger partial charge is 0.278 e. The molecule has 8 nitrogen and oxygen atoms in total. The van der Waals surface area contributed by atoms with Crippen LogP contribution < -0.4 is 5.56 Å². The summed E-state index contributed by atoms with van der Waals surface area (Å²) in [5.74, 6) is 0. The van der Waals surface area contributed by atoms with Crippen LogP contribution in [-0.2, 0) is 18.2 Å². The number of aliphatic hydroxyl groups excluding tert-OH is 1. The lowest BCUT2D eigenvalue weighted by Gasteiger charge is -2.27. The van der Waals surface area contributed by atoms with E-state index >= 15 is 0 Å². The molecule has 2 aromatic carbocycles. The van der Waals surface area contributed by atoms with Crippen molar-refractivity contribution in [2.24, 2.45) is 7.05 Å². The first-order valence-corrected chi connectivity index (χ1v) is 11.2. The topological polar surface area (TPSA) is 95.1 Å². The van der Waals surface area contributed by atoms with Gasteiger partial charge in [0.15, 0.2) is 0 Å². The van der Waals surface area contributed by atoms with Gasteiger partial charge in [-0.2, -0.15) is 5.10 Å². The van der Waals surface area contributed by atoms with Gasteiger partial charge in [-0.3, -0.25) is 9.48 Å². The number of rotatable bonds is 4. The van der Waals surface area contributed by atoms with Gasteiger partial charge in [-0.25, -0.2) is 4.68 Å². The Morgan fingerprint density at radius 2 is 1.94 bits per heavy atom. The van der Waals surface area contributed by atoms with Crippen molar-refractivity contribution in [1.29, 1.82) is 0 Å². The molecular formula is C25H27N5O3. The molecule has 170 valence electrons. The third-order valence-corrected chi connectivity index (χ3v) is 6.62. The molecule has 8 heteroatoms. The molecule has 0 amide bonds. The van der Waals surface area contributed by atoms with Gasteiger partial charge in [0.2, 0.25) is 0 Å². The Hall–Kier alpha value is -3.36. The van der Waals surface area contributed by atoms with E-state index in [9.17, 15) is 9.90 Å². The Labute approximate surface area is 191 Å². The van der Waals surface area contributed by atoms with Crippen molar-refractivity contribution in [3.63, 3.8) is 0 Å². The zero-order chi connectivity index (χ0) is 23.1. The Balaban J connectivity index is 1.51. The minimum absolute atomic E-state index is 0.246. The van der Waals surface area contributed by atoms with Crippen LogP contribution in [0, 0.1) is 13.8 Å². The number of ether oxygens (including phenoxy) is 1. The summed E-state index contributed by atoms with van der Waals surface area (Å²) in [7, 11) is 1.91. The molecule has 0 saturated carbocycles. The first kappa shape index (κ1) is 21.5. The predicted octanol–water partition coefficient (Wildman–Crippen LogP) is 2.72. The average Bonchev–Trinajstić information content (AvgIpc) is 3.25. The summed E-state index contributed by atoms with van der Waals surface area (Å²) < 4.78 is 8.54. The number of fused-ring (bicyclic) bond motifs is 1. The molecule has 33 heavy (non-hydrogen) atoms. The Morgan fingerprint density at radius 3 is 2.64 bits per heavy atom. The maximum atomic E-state index is 13.3. The molecular weight excluding hydrogens is 418 g/mol. The first-order valence-electron chi connectivity index (χ1n) is 11.2. The van der Waals surface area contributed by atoms with Crippen molar-refractivity contribution >= 4 is 10.9 Å². The maximum Gasteiger partial charge on any atom is 0.278 e. The molecule has 4 aromatic rings. The van der Waals surface area contributed by atoms with Gasteiger partial charge in [0, 0.05) is 25.4 Å². The van der Waals surface area contributed by atoms with E-state index in [1.807, 2.05) is 32.3 Å². The summed E-state index contributed by atoms with van der Waals surface area (Å²) in [4.78, 5) is 13.3. The molecule has 1 aliphatic rings. The van der Waals surface area contributed by atoms with Gasteiger partial charge in [0.05, 0.1) is 23.8 Å². The highest BCUT2D eigenvalue weighted by molar-refractivity contribution is 5.82.